The number of hydrogen-bond donors (Lipinski definition) is 0. The summed E-state index contributed by atoms with van der Waals surface area (Å²) < 4.78 is 20.4. The van der Waals surface area contributed by atoms with Crippen molar-refractivity contribution in [2.45, 2.75) is 19.8 Å². The average molecular weight is 369 g/mol. The lowest BCUT2D eigenvalue weighted by Gasteiger charge is -2.24. The van der Waals surface area contributed by atoms with Crippen LogP contribution in [0.5, 0.6) is 11.5 Å². The second-order valence-electron chi connectivity index (χ2n) is 5.19. The molecule has 0 amide bonds. The van der Waals surface area contributed by atoms with Crippen LogP contribution in [0.1, 0.15) is 25.3 Å². The Morgan fingerprint density at radius 1 is 1.08 bits per heavy atom. The van der Waals surface area contributed by atoms with E-state index < -0.39 is 35.2 Å². The molecule has 0 aromatic heterocycles. The Labute approximate surface area is 151 Å². The quantitative estimate of drug-likeness (QED) is 0.265. The topological polar surface area (TPSA) is 114 Å². The van der Waals surface area contributed by atoms with Gasteiger partial charge in [0.2, 0.25) is 6.54 Å². The number of methoxy groups -OCH3 is 2. The molecule has 1 aromatic carbocycles. The summed E-state index contributed by atoms with van der Waals surface area (Å²) in [6.07, 6.45) is 0. The third kappa shape index (κ3) is 5.08. The van der Waals surface area contributed by atoms with E-state index in [-0.39, 0.29) is 24.5 Å². The molecule has 0 aliphatic rings. The Kier molecular flexibility index (Phi) is 8.33. The van der Waals surface area contributed by atoms with Crippen LogP contribution in [0.3, 0.4) is 0 Å². The van der Waals surface area contributed by atoms with Crippen molar-refractivity contribution in [1.29, 1.82) is 0 Å². The van der Waals surface area contributed by atoms with Gasteiger partial charge in [0.05, 0.1) is 33.4 Å². The molecule has 9 nitrogen and oxygen atoms in total. The first-order valence-corrected chi connectivity index (χ1v) is 8.07. The predicted octanol–water partition coefficient (Wildman–Crippen LogP) is 1.81. The van der Waals surface area contributed by atoms with Gasteiger partial charge in [-0.3, -0.25) is 19.7 Å². The summed E-state index contributed by atoms with van der Waals surface area (Å²) in [5.41, 5.74) is 0.287. The van der Waals surface area contributed by atoms with E-state index in [0.29, 0.717) is 5.75 Å². The minimum Gasteiger partial charge on any atom is -0.493 e. The Morgan fingerprint density at radius 3 is 2.08 bits per heavy atom. The second-order valence-corrected chi connectivity index (χ2v) is 5.19. The minimum absolute atomic E-state index is 0.0230. The summed E-state index contributed by atoms with van der Waals surface area (Å²) in [6.45, 7) is 2.51. The highest BCUT2D eigenvalue weighted by Gasteiger charge is 2.43. The zero-order valence-electron chi connectivity index (χ0n) is 15.2. The van der Waals surface area contributed by atoms with Gasteiger partial charge in [-0.1, -0.05) is 12.1 Å². The molecule has 0 aliphatic carbocycles. The van der Waals surface area contributed by atoms with Crippen molar-refractivity contribution in [3.05, 3.63) is 33.9 Å². The summed E-state index contributed by atoms with van der Waals surface area (Å²) in [7, 11) is 2.78. The third-order valence-corrected chi connectivity index (χ3v) is 3.66. The van der Waals surface area contributed by atoms with Crippen LogP contribution in [0.4, 0.5) is 0 Å². The monoisotopic (exact) mass is 369 g/mol. The minimum atomic E-state index is -1.50. The maximum atomic E-state index is 12.4. The largest absolute Gasteiger partial charge is 0.493 e. The van der Waals surface area contributed by atoms with Crippen LogP contribution in [0.2, 0.25) is 0 Å². The number of ether oxygens (including phenoxy) is 4. The summed E-state index contributed by atoms with van der Waals surface area (Å²) in [5.74, 6) is -3.88. The number of nitro groups is 1. The van der Waals surface area contributed by atoms with E-state index in [1.807, 2.05) is 0 Å². The molecular formula is C17H23NO8. The molecule has 0 heterocycles. The zero-order chi connectivity index (χ0) is 19.7. The Hall–Kier alpha value is -2.84. The van der Waals surface area contributed by atoms with Gasteiger partial charge in [-0.2, -0.15) is 0 Å². The van der Waals surface area contributed by atoms with Gasteiger partial charge in [-0.25, -0.2) is 0 Å². The summed E-state index contributed by atoms with van der Waals surface area (Å²) in [4.78, 5) is 35.4. The Balaban J connectivity index is 3.52. The second kappa shape index (κ2) is 10.2. The smallest absolute Gasteiger partial charge is 0.321 e. The van der Waals surface area contributed by atoms with Crippen LogP contribution >= 0.6 is 0 Å². The fourth-order valence-corrected chi connectivity index (χ4v) is 2.64. The zero-order valence-corrected chi connectivity index (χ0v) is 15.2. The van der Waals surface area contributed by atoms with Gasteiger partial charge in [0, 0.05) is 10.5 Å². The molecule has 1 atom stereocenters. The lowest BCUT2D eigenvalue weighted by atomic mass is 9.85. The van der Waals surface area contributed by atoms with E-state index in [4.69, 9.17) is 18.9 Å². The van der Waals surface area contributed by atoms with Crippen LogP contribution in [0.25, 0.3) is 0 Å². The van der Waals surface area contributed by atoms with E-state index in [2.05, 4.69) is 0 Å². The van der Waals surface area contributed by atoms with E-state index in [1.165, 1.54) is 14.2 Å². The van der Waals surface area contributed by atoms with Crippen molar-refractivity contribution in [2.24, 2.45) is 5.92 Å². The normalized spacial score (nSPS) is 11.6. The molecule has 0 radical (unpaired) electrons. The maximum Gasteiger partial charge on any atom is 0.321 e. The highest BCUT2D eigenvalue weighted by atomic mass is 16.6. The molecular weight excluding hydrogens is 346 g/mol. The van der Waals surface area contributed by atoms with Crippen molar-refractivity contribution in [3.8, 4) is 11.5 Å². The molecule has 9 heteroatoms. The molecule has 0 aliphatic heterocycles. The molecule has 0 spiro atoms. The molecule has 0 fully saturated rings. The van der Waals surface area contributed by atoms with Gasteiger partial charge in [0.1, 0.15) is 0 Å². The van der Waals surface area contributed by atoms with E-state index in [0.717, 1.165) is 0 Å². The van der Waals surface area contributed by atoms with Crippen molar-refractivity contribution >= 4 is 11.9 Å². The molecule has 0 saturated heterocycles. The molecule has 144 valence electrons. The number of carbonyl (C=O) groups excluding carboxylic acids is 2. The number of esters is 2. The average Bonchev–Trinajstić information content (AvgIpc) is 2.60. The lowest BCUT2D eigenvalue weighted by molar-refractivity contribution is -0.484. The van der Waals surface area contributed by atoms with E-state index in [1.54, 1.807) is 32.0 Å². The third-order valence-electron chi connectivity index (χ3n) is 3.66. The van der Waals surface area contributed by atoms with Crippen LogP contribution in [-0.4, -0.2) is 50.8 Å². The van der Waals surface area contributed by atoms with Crippen LogP contribution in [-0.2, 0) is 19.1 Å². The van der Waals surface area contributed by atoms with Gasteiger partial charge in [0.15, 0.2) is 17.4 Å². The standard InChI is InChI=1S/C17H23NO8/c1-5-25-16(19)14(17(20)26-6-2)12(10-18(21)22)11-8-7-9-13(23-3)15(11)24-4/h7-9,12,14H,5-6,10H2,1-4H3/t12-/m0/s1. The molecule has 0 bridgehead atoms. The van der Waals surface area contributed by atoms with E-state index >= 15 is 0 Å². The van der Waals surface area contributed by atoms with Gasteiger partial charge in [-0.05, 0) is 19.9 Å². The SMILES string of the molecule is CCOC(=O)C(C(=O)OCC)[C@@H](C[N+](=O)[O-])c1cccc(OC)c1OC. The Bertz CT molecular complexity index is 628. The number of nitrogens with zero attached hydrogens (tertiary/aromatic N) is 1. The fourth-order valence-electron chi connectivity index (χ4n) is 2.64. The lowest BCUT2D eigenvalue weighted by Crippen LogP contribution is -2.36. The van der Waals surface area contributed by atoms with Crippen molar-refractivity contribution < 1.29 is 33.5 Å². The van der Waals surface area contributed by atoms with Gasteiger partial charge in [-0.15, -0.1) is 0 Å². The maximum absolute atomic E-state index is 12.4. The number of rotatable bonds is 10. The highest BCUT2D eigenvalue weighted by molar-refractivity contribution is 5.96. The molecule has 1 rings (SSSR count). The molecule has 0 N–H and O–H groups in total. The number of hydrogen-bond acceptors (Lipinski definition) is 8. The predicted molar refractivity (Wildman–Crippen MR) is 90.9 cm³/mol. The highest BCUT2D eigenvalue weighted by Crippen LogP contribution is 2.39. The number of para-hydroxylation sites is 1. The van der Waals surface area contributed by atoms with E-state index in [9.17, 15) is 19.7 Å². The summed E-state index contributed by atoms with van der Waals surface area (Å²) >= 11 is 0. The number of benzene rings is 1. The van der Waals surface area contributed by atoms with Crippen LogP contribution < -0.4 is 9.47 Å². The van der Waals surface area contributed by atoms with Gasteiger partial charge in [0.25, 0.3) is 0 Å². The van der Waals surface area contributed by atoms with Crippen molar-refractivity contribution in [1.82, 2.24) is 0 Å². The van der Waals surface area contributed by atoms with Gasteiger partial charge >= 0.3 is 11.9 Å². The fraction of sp³-hybridized carbons (Fsp3) is 0.529. The van der Waals surface area contributed by atoms with Crippen molar-refractivity contribution in [3.63, 3.8) is 0 Å². The first kappa shape index (κ1) is 21.2. The first-order valence-electron chi connectivity index (χ1n) is 8.07. The molecule has 0 unspecified atom stereocenters. The number of carbonyl (C=O) groups is 2. The molecule has 26 heavy (non-hydrogen) atoms. The first-order chi connectivity index (χ1) is 12.4. The summed E-state index contributed by atoms with van der Waals surface area (Å²) in [6, 6.07) is 4.74. The van der Waals surface area contributed by atoms with Crippen molar-refractivity contribution in [2.75, 3.05) is 34.0 Å². The Morgan fingerprint density at radius 2 is 1.65 bits per heavy atom. The molecule has 0 saturated carbocycles. The van der Waals surface area contributed by atoms with Gasteiger partial charge < -0.3 is 18.9 Å². The van der Waals surface area contributed by atoms with Crippen LogP contribution in [0, 0.1) is 16.0 Å². The summed E-state index contributed by atoms with van der Waals surface area (Å²) in [5, 5.41) is 11.2. The van der Waals surface area contributed by atoms with Crippen LogP contribution in [0.15, 0.2) is 18.2 Å². The molecule has 1 aromatic rings.